The number of unbranched alkanes of at least 4 members (excludes halogenated alkanes) is 1. The highest BCUT2D eigenvalue weighted by atomic mass is 35.5. The largest absolute Gasteiger partial charge is 0.378 e. The summed E-state index contributed by atoms with van der Waals surface area (Å²) in [6.45, 7) is 4.10. The van der Waals surface area contributed by atoms with Crippen molar-refractivity contribution in [2.24, 2.45) is 0 Å². The number of nitrogens with one attached hydrogen (secondary N) is 2. The van der Waals surface area contributed by atoms with Gasteiger partial charge in [-0.05, 0) is 24.1 Å². The Kier molecular flexibility index (Phi) is 12.8. The highest BCUT2D eigenvalue weighted by molar-refractivity contribution is 5.85. The van der Waals surface area contributed by atoms with Crippen LogP contribution in [-0.2, 0) is 6.54 Å². The van der Waals surface area contributed by atoms with Crippen molar-refractivity contribution >= 4 is 30.5 Å². The van der Waals surface area contributed by atoms with Gasteiger partial charge in [0, 0.05) is 32.9 Å². The van der Waals surface area contributed by atoms with Gasteiger partial charge in [0.1, 0.15) is 0 Å². The summed E-state index contributed by atoms with van der Waals surface area (Å²) >= 11 is 0. The summed E-state index contributed by atoms with van der Waals surface area (Å²) in [5.41, 5.74) is 8.97. The standard InChI is InChI=1S/C13H23N3.2ClH/c1-4-5-10-14-15-11-12-6-8-13(9-7-12)16(2)3;;/h6-9,14-15H,4-5,10-11H2,1-3H3;2*1H. The average molecular weight is 294 g/mol. The van der Waals surface area contributed by atoms with Crippen LogP contribution in [0.15, 0.2) is 24.3 Å². The number of benzene rings is 1. The second-order valence-electron chi connectivity index (χ2n) is 4.19. The van der Waals surface area contributed by atoms with Crippen LogP contribution in [0.5, 0.6) is 0 Å². The summed E-state index contributed by atoms with van der Waals surface area (Å²) < 4.78 is 0. The zero-order valence-electron chi connectivity index (χ0n) is 11.4. The van der Waals surface area contributed by atoms with Gasteiger partial charge in [0.25, 0.3) is 0 Å². The molecule has 0 radical (unpaired) electrons. The third-order valence-corrected chi connectivity index (χ3v) is 2.53. The molecule has 0 bridgehead atoms. The molecular formula is C13H25Cl2N3. The Hall–Kier alpha value is -0.480. The van der Waals surface area contributed by atoms with Crippen LogP contribution in [0.25, 0.3) is 0 Å². The highest BCUT2D eigenvalue weighted by Gasteiger charge is 1.95. The Morgan fingerprint density at radius 1 is 1.00 bits per heavy atom. The highest BCUT2D eigenvalue weighted by Crippen LogP contribution is 2.11. The van der Waals surface area contributed by atoms with E-state index in [1.165, 1.54) is 24.1 Å². The molecule has 0 saturated heterocycles. The van der Waals surface area contributed by atoms with Gasteiger partial charge in [0.15, 0.2) is 0 Å². The van der Waals surface area contributed by atoms with E-state index in [2.05, 4.69) is 61.0 Å². The Balaban J connectivity index is 0. The molecule has 0 spiro atoms. The van der Waals surface area contributed by atoms with E-state index in [-0.39, 0.29) is 24.8 Å². The van der Waals surface area contributed by atoms with Gasteiger partial charge in [-0.15, -0.1) is 24.8 Å². The molecule has 0 saturated carbocycles. The summed E-state index contributed by atoms with van der Waals surface area (Å²) in [5, 5.41) is 0. The van der Waals surface area contributed by atoms with Crippen molar-refractivity contribution in [1.82, 2.24) is 10.9 Å². The minimum absolute atomic E-state index is 0. The Morgan fingerprint density at radius 2 is 1.61 bits per heavy atom. The summed E-state index contributed by atoms with van der Waals surface area (Å²) in [6.07, 6.45) is 2.44. The fourth-order valence-electron chi connectivity index (χ4n) is 1.43. The third kappa shape index (κ3) is 7.77. The Morgan fingerprint density at radius 3 is 2.11 bits per heavy atom. The predicted molar refractivity (Wildman–Crippen MR) is 85.0 cm³/mol. The molecule has 0 amide bonds. The SMILES string of the molecule is CCCCNNCc1ccc(N(C)C)cc1.Cl.Cl. The van der Waals surface area contributed by atoms with E-state index in [1.807, 2.05) is 0 Å². The zero-order chi connectivity index (χ0) is 11.8. The smallest absolute Gasteiger partial charge is 0.0361 e. The molecule has 0 aromatic heterocycles. The number of hydrogen-bond donors (Lipinski definition) is 2. The van der Waals surface area contributed by atoms with Crippen molar-refractivity contribution in [1.29, 1.82) is 0 Å². The molecule has 18 heavy (non-hydrogen) atoms. The summed E-state index contributed by atoms with van der Waals surface area (Å²) in [5.74, 6) is 0. The first-order chi connectivity index (χ1) is 7.74. The molecule has 0 heterocycles. The van der Waals surface area contributed by atoms with E-state index < -0.39 is 0 Å². The van der Waals surface area contributed by atoms with Crippen LogP contribution in [0.3, 0.4) is 0 Å². The van der Waals surface area contributed by atoms with Gasteiger partial charge in [-0.25, -0.2) is 0 Å². The van der Waals surface area contributed by atoms with Crippen LogP contribution >= 0.6 is 24.8 Å². The molecule has 1 aromatic carbocycles. The number of rotatable bonds is 7. The molecule has 0 atom stereocenters. The average Bonchev–Trinajstić information content (AvgIpc) is 2.29. The normalized spacial score (nSPS) is 9.28. The molecule has 2 N–H and O–H groups in total. The molecule has 0 unspecified atom stereocenters. The quantitative estimate of drug-likeness (QED) is 0.598. The summed E-state index contributed by atoms with van der Waals surface area (Å²) in [6, 6.07) is 8.60. The first-order valence-corrected chi connectivity index (χ1v) is 5.96. The van der Waals surface area contributed by atoms with E-state index in [4.69, 9.17) is 0 Å². The van der Waals surface area contributed by atoms with Crippen LogP contribution in [0.1, 0.15) is 25.3 Å². The third-order valence-electron chi connectivity index (χ3n) is 2.53. The van der Waals surface area contributed by atoms with Gasteiger partial charge in [0.2, 0.25) is 0 Å². The first-order valence-electron chi connectivity index (χ1n) is 5.96. The second kappa shape index (κ2) is 11.6. The van der Waals surface area contributed by atoms with E-state index >= 15 is 0 Å². The fourth-order valence-corrected chi connectivity index (χ4v) is 1.43. The maximum atomic E-state index is 3.22. The van der Waals surface area contributed by atoms with Gasteiger partial charge in [-0.2, -0.15) is 0 Å². The fraction of sp³-hybridized carbons (Fsp3) is 0.538. The van der Waals surface area contributed by atoms with Crippen molar-refractivity contribution in [3.63, 3.8) is 0 Å². The Labute approximate surface area is 123 Å². The lowest BCUT2D eigenvalue weighted by Gasteiger charge is -2.13. The van der Waals surface area contributed by atoms with Crippen molar-refractivity contribution in [2.75, 3.05) is 25.5 Å². The minimum Gasteiger partial charge on any atom is -0.378 e. The van der Waals surface area contributed by atoms with Gasteiger partial charge < -0.3 is 4.90 Å². The number of hydrogen-bond acceptors (Lipinski definition) is 3. The molecule has 5 heteroatoms. The molecule has 0 aliphatic rings. The number of anilines is 1. The minimum atomic E-state index is 0. The molecule has 0 aliphatic carbocycles. The molecule has 106 valence electrons. The topological polar surface area (TPSA) is 27.3 Å². The molecule has 0 aliphatic heterocycles. The lowest BCUT2D eigenvalue weighted by atomic mass is 10.2. The van der Waals surface area contributed by atoms with E-state index in [1.54, 1.807) is 0 Å². The number of halogens is 2. The van der Waals surface area contributed by atoms with E-state index in [0.29, 0.717) is 0 Å². The maximum absolute atomic E-state index is 3.22. The number of hydrazine groups is 1. The van der Waals surface area contributed by atoms with Crippen LogP contribution in [0.4, 0.5) is 5.69 Å². The molecule has 1 rings (SSSR count). The second-order valence-corrected chi connectivity index (χ2v) is 4.19. The van der Waals surface area contributed by atoms with Gasteiger partial charge in [0.05, 0.1) is 0 Å². The molecule has 1 aromatic rings. The van der Waals surface area contributed by atoms with Gasteiger partial charge in [-0.3, -0.25) is 10.9 Å². The van der Waals surface area contributed by atoms with Crippen LogP contribution in [0.2, 0.25) is 0 Å². The van der Waals surface area contributed by atoms with Crippen molar-refractivity contribution in [3.05, 3.63) is 29.8 Å². The zero-order valence-corrected chi connectivity index (χ0v) is 13.0. The monoisotopic (exact) mass is 293 g/mol. The lowest BCUT2D eigenvalue weighted by molar-refractivity contribution is 0.516. The first kappa shape index (κ1) is 19.9. The van der Waals surface area contributed by atoms with Crippen LogP contribution < -0.4 is 15.8 Å². The molecular weight excluding hydrogens is 269 g/mol. The van der Waals surface area contributed by atoms with Gasteiger partial charge >= 0.3 is 0 Å². The number of nitrogens with zero attached hydrogens (tertiary/aromatic N) is 1. The van der Waals surface area contributed by atoms with E-state index in [9.17, 15) is 0 Å². The van der Waals surface area contributed by atoms with Crippen molar-refractivity contribution in [3.8, 4) is 0 Å². The van der Waals surface area contributed by atoms with Gasteiger partial charge in [-0.1, -0.05) is 25.5 Å². The van der Waals surface area contributed by atoms with E-state index in [0.717, 1.165) is 13.1 Å². The van der Waals surface area contributed by atoms with Crippen LogP contribution in [-0.4, -0.2) is 20.6 Å². The Bertz CT molecular complexity index is 289. The molecule has 0 fully saturated rings. The molecule has 3 nitrogen and oxygen atoms in total. The van der Waals surface area contributed by atoms with Crippen LogP contribution in [0, 0.1) is 0 Å². The van der Waals surface area contributed by atoms with Crippen molar-refractivity contribution in [2.45, 2.75) is 26.3 Å². The van der Waals surface area contributed by atoms with Crippen molar-refractivity contribution < 1.29 is 0 Å². The lowest BCUT2D eigenvalue weighted by Crippen LogP contribution is -2.31. The summed E-state index contributed by atoms with van der Waals surface area (Å²) in [4.78, 5) is 2.11. The summed E-state index contributed by atoms with van der Waals surface area (Å²) in [7, 11) is 4.11. The predicted octanol–water partition coefficient (Wildman–Crippen LogP) is 2.99. The maximum Gasteiger partial charge on any atom is 0.0361 e.